The van der Waals surface area contributed by atoms with Crippen molar-refractivity contribution in [2.24, 2.45) is 5.73 Å². The third-order valence-electron chi connectivity index (χ3n) is 4.53. The standard InChI is InChI=1S/C16H24N4O3/c1-10-4-5-12(15(17)21)16(18-10)20-6-13-14(7-20)23-9-11(8-22-13)19(2)3/h4-5,11,13-14H,6-9H2,1-3H3,(H2,17,21)/t13-,14-/m0/s1. The third-order valence-corrected chi connectivity index (χ3v) is 4.53. The van der Waals surface area contributed by atoms with E-state index in [4.69, 9.17) is 15.2 Å². The van der Waals surface area contributed by atoms with Crippen molar-refractivity contribution in [1.29, 1.82) is 0 Å². The normalized spacial score (nSPS) is 25.5. The molecule has 0 aliphatic carbocycles. The van der Waals surface area contributed by atoms with Gasteiger partial charge in [-0.2, -0.15) is 0 Å². The minimum absolute atomic E-state index is 0.0111. The van der Waals surface area contributed by atoms with Crippen LogP contribution in [0.4, 0.5) is 5.82 Å². The van der Waals surface area contributed by atoms with Gasteiger partial charge in [-0.25, -0.2) is 4.98 Å². The van der Waals surface area contributed by atoms with Crippen LogP contribution >= 0.6 is 0 Å². The van der Waals surface area contributed by atoms with Gasteiger partial charge in [-0.05, 0) is 33.2 Å². The number of hydrogen-bond donors (Lipinski definition) is 1. The van der Waals surface area contributed by atoms with Crippen molar-refractivity contribution in [1.82, 2.24) is 9.88 Å². The second-order valence-corrected chi connectivity index (χ2v) is 6.45. The van der Waals surface area contributed by atoms with Gasteiger partial charge in [-0.1, -0.05) is 0 Å². The van der Waals surface area contributed by atoms with Gasteiger partial charge in [0, 0.05) is 18.8 Å². The van der Waals surface area contributed by atoms with Crippen molar-refractivity contribution in [2.75, 3.05) is 45.3 Å². The number of aromatic nitrogens is 1. The molecule has 126 valence electrons. The number of amides is 1. The molecule has 1 amide bonds. The Balaban J connectivity index is 1.77. The quantitative estimate of drug-likeness (QED) is 0.846. The van der Waals surface area contributed by atoms with Crippen LogP contribution in [0.1, 0.15) is 16.1 Å². The molecule has 3 heterocycles. The van der Waals surface area contributed by atoms with E-state index in [0.717, 1.165) is 5.69 Å². The summed E-state index contributed by atoms with van der Waals surface area (Å²) in [6.45, 7) is 4.50. The van der Waals surface area contributed by atoms with Crippen LogP contribution in [0.15, 0.2) is 12.1 Å². The summed E-state index contributed by atoms with van der Waals surface area (Å²) in [5.74, 6) is 0.163. The smallest absolute Gasteiger partial charge is 0.252 e. The highest BCUT2D eigenvalue weighted by Gasteiger charge is 2.39. The van der Waals surface area contributed by atoms with Crippen molar-refractivity contribution >= 4 is 11.7 Å². The van der Waals surface area contributed by atoms with Crippen LogP contribution in [0, 0.1) is 6.92 Å². The van der Waals surface area contributed by atoms with Crippen LogP contribution in [-0.2, 0) is 9.47 Å². The molecular formula is C16H24N4O3. The van der Waals surface area contributed by atoms with Gasteiger partial charge >= 0.3 is 0 Å². The lowest BCUT2D eigenvalue weighted by molar-refractivity contribution is -0.00461. The van der Waals surface area contributed by atoms with E-state index in [2.05, 4.69) is 9.88 Å². The zero-order chi connectivity index (χ0) is 16.6. The fourth-order valence-corrected chi connectivity index (χ4v) is 3.03. The number of nitrogens with zero attached hydrogens (tertiary/aromatic N) is 3. The van der Waals surface area contributed by atoms with Crippen molar-refractivity contribution < 1.29 is 14.3 Å². The summed E-state index contributed by atoms with van der Waals surface area (Å²) in [6, 6.07) is 3.80. The first-order valence-electron chi connectivity index (χ1n) is 7.87. The van der Waals surface area contributed by atoms with Gasteiger partial charge in [-0.3, -0.25) is 4.79 Å². The first-order chi connectivity index (χ1) is 11.0. The maximum Gasteiger partial charge on any atom is 0.252 e. The van der Waals surface area contributed by atoms with E-state index in [9.17, 15) is 4.79 Å². The van der Waals surface area contributed by atoms with E-state index < -0.39 is 5.91 Å². The summed E-state index contributed by atoms with van der Waals surface area (Å²) in [4.78, 5) is 20.3. The van der Waals surface area contributed by atoms with Crippen LogP contribution in [0.3, 0.4) is 0 Å². The molecule has 2 N–H and O–H groups in total. The predicted molar refractivity (Wildman–Crippen MR) is 86.7 cm³/mol. The lowest BCUT2D eigenvalue weighted by Crippen LogP contribution is -2.36. The van der Waals surface area contributed by atoms with Crippen LogP contribution < -0.4 is 10.6 Å². The number of anilines is 1. The molecule has 0 unspecified atom stereocenters. The maximum absolute atomic E-state index is 11.7. The van der Waals surface area contributed by atoms with Gasteiger partial charge in [-0.15, -0.1) is 0 Å². The third kappa shape index (κ3) is 3.31. The van der Waals surface area contributed by atoms with E-state index >= 15 is 0 Å². The van der Waals surface area contributed by atoms with Crippen LogP contribution in [0.2, 0.25) is 0 Å². The second-order valence-electron chi connectivity index (χ2n) is 6.45. The number of fused-ring (bicyclic) bond motifs is 1. The lowest BCUT2D eigenvalue weighted by atomic mass is 10.2. The molecular weight excluding hydrogens is 296 g/mol. The van der Waals surface area contributed by atoms with Crippen molar-refractivity contribution in [3.8, 4) is 0 Å². The Morgan fingerprint density at radius 3 is 2.39 bits per heavy atom. The Morgan fingerprint density at radius 1 is 1.26 bits per heavy atom. The minimum atomic E-state index is -0.464. The molecule has 2 atom stereocenters. The number of nitrogens with two attached hydrogens (primary N) is 1. The molecule has 0 aromatic carbocycles. The van der Waals surface area contributed by atoms with Crippen LogP contribution in [0.5, 0.6) is 0 Å². The van der Waals surface area contributed by atoms with Crippen LogP contribution in [-0.4, -0.2) is 74.4 Å². The number of likely N-dealkylation sites (N-methyl/N-ethyl adjacent to an activating group) is 1. The van der Waals surface area contributed by atoms with E-state index in [1.54, 1.807) is 12.1 Å². The van der Waals surface area contributed by atoms with Gasteiger partial charge in [0.05, 0.1) is 24.8 Å². The molecule has 1 aromatic heterocycles. The predicted octanol–water partition coefficient (Wildman–Crippen LogP) is 0.0231. The van der Waals surface area contributed by atoms with Gasteiger partial charge < -0.3 is 25.0 Å². The zero-order valence-corrected chi connectivity index (χ0v) is 13.9. The number of primary amides is 1. The molecule has 3 rings (SSSR count). The number of carbonyl (C=O) groups excluding carboxylic acids is 1. The maximum atomic E-state index is 11.7. The van der Waals surface area contributed by atoms with E-state index in [0.29, 0.717) is 37.7 Å². The highest BCUT2D eigenvalue weighted by Crippen LogP contribution is 2.27. The zero-order valence-electron chi connectivity index (χ0n) is 13.9. The number of rotatable bonds is 3. The molecule has 23 heavy (non-hydrogen) atoms. The fourth-order valence-electron chi connectivity index (χ4n) is 3.03. The van der Waals surface area contributed by atoms with Crippen molar-refractivity contribution in [3.05, 3.63) is 23.4 Å². The molecule has 2 aliphatic rings. The van der Waals surface area contributed by atoms with Gasteiger partial charge in [0.1, 0.15) is 18.0 Å². The number of carbonyl (C=O) groups is 1. The molecule has 2 aliphatic heterocycles. The summed E-state index contributed by atoms with van der Waals surface area (Å²) < 4.78 is 12.1. The first-order valence-corrected chi connectivity index (χ1v) is 7.87. The number of pyridine rings is 1. The van der Waals surface area contributed by atoms with Crippen molar-refractivity contribution in [3.63, 3.8) is 0 Å². The fraction of sp³-hybridized carbons (Fsp3) is 0.625. The first kappa shape index (κ1) is 16.2. The van der Waals surface area contributed by atoms with Gasteiger partial charge in [0.2, 0.25) is 0 Å². The molecule has 0 spiro atoms. The molecule has 2 saturated heterocycles. The average Bonchev–Trinajstić information content (AvgIpc) is 2.79. The Bertz CT molecular complexity index is 577. The Hall–Kier alpha value is -1.70. The number of aryl methyl sites for hydroxylation is 1. The minimum Gasteiger partial charge on any atom is -0.372 e. The molecule has 2 fully saturated rings. The summed E-state index contributed by atoms with van der Waals surface area (Å²) in [6.07, 6.45) is -0.0222. The summed E-state index contributed by atoms with van der Waals surface area (Å²) in [5, 5.41) is 0. The monoisotopic (exact) mass is 320 g/mol. The molecule has 0 bridgehead atoms. The van der Waals surface area contributed by atoms with E-state index in [1.165, 1.54) is 0 Å². The highest BCUT2D eigenvalue weighted by atomic mass is 16.6. The SMILES string of the molecule is Cc1ccc(C(N)=O)c(N2C[C@@H]3OCC(N(C)C)CO[C@H]3C2)n1. The Kier molecular flexibility index (Phi) is 4.52. The summed E-state index contributed by atoms with van der Waals surface area (Å²) in [5.41, 5.74) is 6.78. The summed E-state index contributed by atoms with van der Waals surface area (Å²) >= 11 is 0. The molecule has 0 saturated carbocycles. The van der Waals surface area contributed by atoms with Crippen LogP contribution in [0.25, 0.3) is 0 Å². The van der Waals surface area contributed by atoms with E-state index in [-0.39, 0.29) is 18.2 Å². The average molecular weight is 320 g/mol. The van der Waals surface area contributed by atoms with Crippen molar-refractivity contribution in [2.45, 2.75) is 25.2 Å². The summed E-state index contributed by atoms with van der Waals surface area (Å²) in [7, 11) is 4.06. The second kappa shape index (κ2) is 6.43. The van der Waals surface area contributed by atoms with Gasteiger partial charge in [0.25, 0.3) is 5.91 Å². The molecule has 1 aromatic rings. The highest BCUT2D eigenvalue weighted by molar-refractivity contribution is 5.97. The number of hydrogen-bond acceptors (Lipinski definition) is 6. The molecule has 7 nitrogen and oxygen atoms in total. The van der Waals surface area contributed by atoms with Gasteiger partial charge in [0.15, 0.2) is 0 Å². The largest absolute Gasteiger partial charge is 0.372 e. The molecule has 0 radical (unpaired) electrons. The topological polar surface area (TPSA) is 80.9 Å². The Labute approximate surface area is 136 Å². The number of ether oxygens (including phenoxy) is 2. The Morgan fingerprint density at radius 2 is 1.87 bits per heavy atom. The molecule has 7 heteroatoms. The lowest BCUT2D eigenvalue weighted by Gasteiger charge is -2.24. The van der Waals surface area contributed by atoms with E-state index in [1.807, 2.05) is 25.9 Å².